The maximum Gasteiger partial charge on any atom is 0.282 e. The Hall–Kier alpha value is -0.170. The SMILES string of the molecule is CC1CCCN(S(=O)(=O)N2CCCC2C2CCCN2)C1. The molecule has 0 spiro atoms. The fourth-order valence-electron chi connectivity index (χ4n) is 4.00. The smallest absolute Gasteiger partial charge is 0.282 e. The maximum absolute atomic E-state index is 12.9. The molecule has 3 aliphatic heterocycles. The number of nitrogens with one attached hydrogen (secondary N) is 1. The van der Waals surface area contributed by atoms with Gasteiger partial charge < -0.3 is 5.32 Å². The van der Waals surface area contributed by atoms with Crippen LogP contribution < -0.4 is 5.32 Å². The summed E-state index contributed by atoms with van der Waals surface area (Å²) in [5.41, 5.74) is 0. The predicted molar refractivity (Wildman–Crippen MR) is 79.6 cm³/mol. The molecule has 0 amide bonds. The molecule has 3 saturated heterocycles. The van der Waals surface area contributed by atoms with E-state index in [1.807, 2.05) is 0 Å². The first-order valence-electron chi connectivity index (χ1n) is 8.09. The number of piperidine rings is 1. The lowest BCUT2D eigenvalue weighted by Crippen LogP contribution is -2.53. The summed E-state index contributed by atoms with van der Waals surface area (Å²) < 4.78 is 29.4. The molecule has 6 heteroatoms. The Morgan fingerprint density at radius 1 is 1.05 bits per heavy atom. The maximum atomic E-state index is 12.9. The molecule has 0 radical (unpaired) electrons. The van der Waals surface area contributed by atoms with Gasteiger partial charge in [-0.1, -0.05) is 6.92 Å². The van der Waals surface area contributed by atoms with Crippen molar-refractivity contribution in [3.63, 3.8) is 0 Å². The summed E-state index contributed by atoms with van der Waals surface area (Å²) in [5, 5.41) is 3.49. The van der Waals surface area contributed by atoms with Crippen LogP contribution in [0.3, 0.4) is 0 Å². The predicted octanol–water partition coefficient (Wildman–Crippen LogP) is 1.18. The molecular weight excluding hydrogens is 274 g/mol. The van der Waals surface area contributed by atoms with Crippen LogP contribution in [0.4, 0.5) is 0 Å². The van der Waals surface area contributed by atoms with Gasteiger partial charge in [0.1, 0.15) is 0 Å². The highest BCUT2D eigenvalue weighted by Gasteiger charge is 2.42. The largest absolute Gasteiger partial charge is 0.312 e. The average molecular weight is 301 g/mol. The Labute approximate surface area is 122 Å². The second kappa shape index (κ2) is 5.91. The van der Waals surface area contributed by atoms with Gasteiger partial charge in [-0.05, 0) is 51.0 Å². The van der Waals surface area contributed by atoms with Crippen LogP contribution in [0.2, 0.25) is 0 Å². The van der Waals surface area contributed by atoms with Gasteiger partial charge in [0.25, 0.3) is 10.2 Å². The van der Waals surface area contributed by atoms with Crippen molar-refractivity contribution in [2.45, 2.75) is 57.5 Å². The zero-order chi connectivity index (χ0) is 14.2. The molecule has 20 heavy (non-hydrogen) atoms. The van der Waals surface area contributed by atoms with E-state index in [0.29, 0.717) is 31.6 Å². The van der Waals surface area contributed by atoms with Gasteiger partial charge in [0.15, 0.2) is 0 Å². The highest BCUT2D eigenvalue weighted by molar-refractivity contribution is 7.86. The van der Waals surface area contributed by atoms with Gasteiger partial charge in [0.05, 0.1) is 0 Å². The lowest BCUT2D eigenvalue weighted by molar-refractivity contribution is 0.243. The van der Waals surface area contributed by atoms with Crippen LogP contribution in [0.15, 0.2) is 0 Å². The molecular formula is C14H27N3O2S. The molecule has 0 bridgehead atoms. The Kier molecular flexibility index (Phi) is 4.36. The number of hydrogen-bond acceptors (Lipinski definition) is 3. The molecule has 5 nitrogen and oxygen atoms in total. The van der Waals surface area contributed by atoms with E-state index in [2.05, 4.69) is 12.2 Å². The highest BCUT2D eigenvalue weighted by atomic mass is 32.2. The van der Waals surface area contributed by atoms with E-state index in [-0.39, 0.29) is 6.04 Å². The molecule has 0 saturated carbocycles. The molecule has 1 N–H and O–H groups in total. The van der Waals surface area contributed by atoms with Crippen LogP contribution >= 0.6 is 0 Å². The molecule has 3 aliphatic rings. The topological polar surface area (TPSA) is 52.7 Å². The zero-order valence-electron chi connectivity index (χ0n) is 12.4. The molecule has 3 rings (SSSR count). The highest BCUT2D eigenvalue weighted by Crippen LogP contribution is 2.30. The van der Waals surface area contributed by atoms with E-state index in [0.717, 1.165) is 38.6 Å². The van der Waals surface area contributed by atoms with Gasteiger partial charge >= 0.3 is 0 Å². The van der Waals surface area contributed by atoms with Crippen molar-refractivity contribution >= 4 is 10.2 Å². The van der Waals surface area contributed by atoms with E-state index in [1.54, 1.807) is 8.61 Å². The summed E-state index contributed by atoms with van der Waals surface area (Å²) in [7, 11) is -3.25. The Morgan fingerprint density at radius 2 is 1.85 bits per heavy atom. The molecule has 0 aliphatic carbocycles. The third kappa shape index (κ3) is 2.75. The number of nitrogens with zero attached hydrogens (tertiary/aromatic N) is 2. The summed E-state index contributed by atoms with van der Waals surface area (Å²) >= 11 is 0. The summed E-state index contributed by atoms with van der Waals surface area (Å²) in [4.78, 5) is 0. The van der Waals surface area contributed by atoms with Crippen molar-refractivity contribution in [1.29, 1.82) is 0 Å². The molecule has 0 aromatic carbocycles. The molecule has 3 atom stereocenters. The van der Waals surface area contributed by atoms with E-state index in [4.69, 9.17) is 0 Å². The molecule has 3 heterocycles. The first kappa shape index (κ1) is 14.8. The fraction of sp³-hybridized carbons (Fsp3) is 1.00. The van der Waals surface area contributed by atoms with Gasteiger partial charge in [-0.3, -0.25) is 0 Å². The second-order valence-corrected chi connectivity index (χ2v) is 8.52. The van der Waals surface area contributed by atoms with E-state index >= 15 is 0 Å². The minimum atomic E-state index is -3.25. The Morgan fingerprint density at radius 3 is 2.55 bits per heavy atom. The van der Waals surface area contributed by atoms with Crippen LogP contribution in [0.25, 0.3) is 0 Å². The van der Waals surface area contributed by atoms with Crippen LogP contribution in [0.5, 0.6) is 0 Å². The van der Waals surface area contributed by atoms with Crippen molar-refractivity contribution in [1.82, 2.24) is 13.9 Å². The molecule has 116 valence electrons. The van der Waals surface area contributed by atoms with Crippen LogP contribution in [-0.2, 0) is 10.2 Å². The van der Waals surface area contributed by atoms with Crippen molar-refractivity contribution in [2.24, 2.45) is 5.92 Å². The van der Waals surface area contributed by atoms with Crippen molar-refractivity contribution in [3.05, 3.63) is 0 Å². The standard InChI is InChI=1S/C14H27N3O2S/c1-12-5-3-9-16(11-12)20(18,19)17-10-4-7-14(17)13-6-2-8-15-13/h12-15H,2-11H2,1H3. The van der Waals surface area contributed by atoms with Gasteiger partial charge in [-0.15, -0.1) is 0 Å². The Balaban J connectivity index is 1.75. The number of rotatable bonds is 3. The lowest BCUT2D eigenvalue weighted by Gasteiger charge is -2.36. The first-order valence-corrected chi connectivity index (χ1v) is 9.49. The molecule has 3 fully saturated rings. The molecule has 3 unspecified atom stereocenters. The van der Waals surface area contributed by atoms with Gasteiger partial charge in [0.2, 0.25) is 0 Å². The van der Waals surface area contributed by atoms with Gasteiger partial charge in [0, 0.05) is 31.7 Å². The van der Waals surface area contributed by atoms with Crippen molar-refractivity contribution in [3.8, 4) is 0 Å². The third-order valence-electron chi connectivity index (χ3n) is 5.05. The third-order valence-corrected chi connectivity index (χ3v) is 7.08. The average Bonchev–Trinajstić information content (AvgIpc) is 3.09. The molecule has 0 aromatic rings. The van der Waals surface area contributed by atoms with E-state index in [1.165, 1.54) is 6.42 Å². The summed E-state index contributed by atoms with van der Waals surface area (Å²) in [6, 6.07) is 0.550. The second-order valence-electron chi connectivity index (χ2n) is 6.64. The molecule has 0 aromatic heterocycles. The van der Waals surface area contributed by atoms with Crippen molar-refractivity contribution < 1.29 is 8.42 Å². The fourth-order valence-corrected chi connectivity index (χ4v) is 6.05. The van der Waals surface area contributed by atoms with Crippen LogP contribution in [0.1, 0.15) is 45.4 Å². The zero-order valence-corrected chi connectivity index (χ0v) is 13.2. The van der Waals surface area contributed by atoms with Crippen LogP contribution in [-0.4, -0.2) is 55.3 Å². The minimum Gasteiger partial charge on any atom is -0.312 e. The van der Waals surface area contributed by atoms with Gasteiger partial charge in [-0.25, -0.2) is 0 Å². The summed E-state index contributed by atoms with van der Waals surface area (Å²) in [5.74, 6) is 0.490. The lowest BCUT2D eigenvalue weighted by atomic mass is 10.0. The summed E-state index contributed by atoms with van der Waals surface area (Å²) in [6.07, 6.45) is 6.47. The first-order chi connectivity index (χ1) is 9.59. The van der Waals surface area contributed by atoms with Crippen LogP contribution in [0, 0.1) is 5.92 Å². The minimum absolute atomic E-state index is 0.180. The Bertz CT molecular complexity index is 434. The number of hydrogen-bond donors (Lipinski definition) is 1. The van der Waals surface area contributed by atoms with Crippen molar-refractivity contribution in [2.75, 3.05) is 26.2 Å². The normalized spacial score (nSPS) is 37.5. The summed E-state index contributed by atoms with van der Waals surface area (Å²) in [6.45, 7) is 5.30. The van der Waals surface area contributed by atoms with E-state index in [9.17, 15) is 8.42 Å². The van der Waals surface area contributed by atoms with Gasteiger partial charge in [-0.2, -0.15) is 17.0 Å². The monoisotopic (exact) mass is 301 g/mol. The van der Waals surface area contributed by atoms with E-state index < -0.39 is 10.2 Å². The quantitative estimate of drug-likeness (QED) is 0.851.